The molecule has 0 aliphatic carbocycles. The summed E-state index contributed by atoms with van der Waals surface area (Å²) in [5, 5.41) is -1.25. The van der Waals surface area contributed by atoms with Gasteiger partial charge in [-0.05, 0) is 60.5 Å². The lowest BCUT2D eigenvalue weighted by atomic mass is 10.1. The minimum atomic E-state index is -0.751. The lowest BCUT2D eigenvalue weighted by Crippen LogP contribution is -1.95. The van der Waals surface area contributed by atoms with Crippen LogP contribution in [0.2, 0.25) is 0 Å². The Hall–Kier alpha value is -6.06. The van der Waals surface area contributed by atoms with Crippen LogP contribution in [0.1, 0.15) is 26.0 Å². The fourth-order valence-corrected chi connectivity index (χ4v) is 6.79. The summed E-state index contributed by atoms with van der Waals surface area (Å²) >= 11 is 0. The number of benzene rings is 7. The normalized spacial score (nSPS) is 18.4. The lowest BCUT2D eigenvalue weighted by Gasteiger charge is -2.10. The maximum absolute atomic E-state index is 10.0. The van der Waals surface area contributed by atoms with Crippen molar-refractivity contribution in [2.24, 2.45) is 0 Å². The van der Waals surface area contributed by atoms with Gasteiger partial charge in [0, 0.05) is 54.5 Å². The Morgan fingerprint density at radius 3 is 1.53 bits per heavy atom. The van der Waals surface area contributed by atoms with Crippen molar-refractivity contribution in [3.05, 3.63) is 151 Å². The molecular formula is C42H25N3. The van der Waals surface area contributed by atoms with Gasteiger partial charge >= 0.3 is 0 Å². The molecule has 3 heteroatoms. The average Bonchev–Trinajstić information content (AvgIpc) is 4.02. The van der Waals surface area contributed by atoms with Gasteiger partial charge in [-0.2, -0.15) is 0 Å². The minimum absolute atomic E-state index is 0.0392. The fourth-order valence-electron chi connectivity index (χ4n) is 6.79. The van der Waals surface area contributed by atoms with E-state index in [1.54, 1.807) is 30.3 Å². The molecule has 0 aliphatic rings. The van der Waals surface area contributed by atoms with Gasteiger partial charge in [0.05, 0.1) is 64.7 Å². The fraction of sp³-hybridized carbons (Fsp3) is 0. The first-order valence-electron chi connectivity index (χ1n) is 23.5. The molecule has 3 nitrogen and oxygen atoms in total. The Kier molecular flexibility index (Phi) is 2.24. The zero-order chi connectivity index (χ0) is 45.8. The van der Waals surface area contributed by atoms with E-state index in [0.29, 0.717) is 5.69 Å². The van der Waals surface area contributed by atoms with Gasteiger partial charge in [0.1, 0.15) is 0 Å². The number of aromatic nitrogens is 3. The molecule has 0 bridgehead atoms. The number of rotatable bonds is 2. The van der Waals surface area contributed by atoms with Crippen LogP contribution in [0, 0.1) is 0 Å². The van der Waals surface area contributed by atoms with E-state index in [-0.39, 0.29) is 87.7 Å². The molecule has 0 radical (unpaired) electrons. The standard InChI is InChI=1S/C42H25N3/c1-2-12-26(13-3-1)43-36-20-10-6-16-30(36)40-38(43)22-23-39-41(40)31-17-7-11-21-37(31)44(39)27-24-32-28-14-4-8-18-34(28)45-35-19-9-5-15-29(35)33(25-27)42(32)45/h1-25H/i4D,6D,7D,8D,9D,10D,11D,14D,15D,16D,17D,18D,19D,20D,21D,22D,23D,24D,25D. The first-order valence-corrected chi connectivity index (χ1v) is 14.0. The highest BCUT2D eigenvalue weighted by Gasteiger charge is 2.23. The topological polar surface area (TPSA) is 14.3 Å². The molecule has 0 atom stereocenters. The van der Waals surface area contributed by atoms with Crippen molar-refractivity contribution in [2.45, 2.75) is 0 Å². The summed E-state index contributed by atoms with van der Waals surface area (Å²) in [5.74, 6) is 0. The molecule has 11 aromatic rings. The van der Waals surface area contributed by atoms with Crippen LogP contribution < -0.4 is 0 Å². The third-order valence-electron chi connectivity index (χ3n) is 8.51. The zero-order valence-corrected chi connectivity index (χ0v) is 22.8. The number of hydrogen-bond donors (Lipinski definition) is 0. The molecular weight excluding hydrogens is 546 g/mol. The second kappa shape index (κ2) is 8.31. The predicted octanol–water partition coefficient (Wildman–Crippen LogP) is 11.0. The largest absolute Gasteiger partial charge is 0.309 e. The predicted molar refractivity (Wildman–Crippen MR) is 190 cm³/mol. The number of para-hydroxylation sites is 5. The van der Waals surface area contributed by atoms with Gasteiger partial charge in [-0.1, -0.05) is 90.7 Å². The van der Waals surface area contributed by atoms with Crippen molar-refractivity contribution < 1.29 is 26.0 Å². The summed E-state index contributed by atoms with van der Waals surface area (Å²) < 4.78 is 177. The summed E-state index contributed by atoms with van der Waals surface area (Å²) in [5.41, 5.74) is -1.43. The molecule has 0 fully saturated rings. The van der Waals surface area contributed by atoms with Gasteiger partial charge in [0.15, 0.2) is 0 Å². The van der Waals surface area contributed by atoms with E-state index in [2.05, 4.69) is 0 Å². The molecule has 45 heavy (non-hydrogen) atoms. The van der Waals surface area contributed by atoms with E-state index >= 15 is 0 Å². The molecule has 0 N–H and O–H groups in total. The van der Waals surface area contributed by atoms with Crippen LogP contribution in [-0.4, -0.2) is 13.5 Å². The van der Waals surface area contributed by atoms with Crippen molar-refractivity contribution in [3.63, 3.8) is 0 Å². The molecule has 208 valence electrons. The molecule has 0 amide bonds. The van der Waals surface area contributed by atoms with Gasteiger partial charge in [0.2, 0.25) is 0 Å². The molecule has 4 aromatic heterocycles. The maximum atomic E-state index is 10.0. The third kappa shape index (κ3) is 2.86. The third-order valence-corrected chi connectivity index (χ3v) is 8.51. The van der Waals surface area contributed by atoms with Crippen molar-refractivity contribution in [1.82, 2.24) is 13.5 Å². The Morgan fingerprint density at radius 2 is 0.889 bits per heavy atom. The Balaban J connectivity index is 1.51. The zero-order valence-electron chi connectivity index (χ0n) is 41.8. The molecule has 0 saturated heterocycles. The quantitative estimate of drug-likeness (QED) is 0.190. The van der Waals surface area contributed by atoms with Gasteiger partial charge < -0.3 is 13.5 Å². The van der Waals surface area contributed by atoms with Gasteiger partial charge in [-0.3, -0.25) is 0 Å². The second-order valence-electron chi connectivity index (χ2n) is 10.7. The lowest BCUT2D eigenvalue weighted by molar-refractivity contribution is 1.17. The monoisotopic (exact) mass is 590 g/mol. The van der Waals surface area contributed by atoms with Crippen LogP contribution in [0.5, 0.6) is 0 Å². The van der Waals surface area contributed by atoms with Crippen LogP contribution in [0.15, 0.2) is 151 Å². The van der Waals surface area contributed by atoms with Crippen molar-refractivity contribution in [3.8, 4) is 11.4 Å². The smallest absolute Gasteiger partial charge is 0.0652 e. The summed E-state index contributed by atoms with van der Waals surface area (Å²) in [6.45, 7) is 0. The number of nitrogens with zero attached hydrogens (tertiary/aromatic N) is 3. The van der Waals surface area contributed by atoms with E-state index in [0.717, 1.165) is 10.6 Å². The van der Waals surface area contributed by atoms with Crippen molar-refractivity contribution >= 4 is 81.7 Å². The number of fused-ring (bicyclic) bond motifs is 13. The summed E-state index contributed by atoms with van der Waals surface area (Å²) in [6.07, 6.45) is 0. The SMILES string of the molecule is [2H]c1cc([2H])c2c3c([2H])c(-n4c5c([2H])c([2H])c([2H])c([2H])c5c5c6c7c([2H])c([2H])c([2H])c([2H])c7n(-c7ccccc7)c6c([2H])c([2H])c54)c([2H])c4c5c([2H])c([2H])c([2H])c([2H])c5n(c2c1[2H])c34. The number of hydrogen-bond acceptors (Lipinski definition) is 0. The van der Waals surface area contributed by atoms with Crippen LogP contribution >= 0.6 is 0 Å². The van der Waals surface area contributed by atoms with Crippen LogP contribution in [-0.2, 0) is 0 Å². The van der Waals surface area contributed by atoms with Gasteiger partial charge in [-0.15, -0.1) is 0 Å². The molecule has 7 aromatic carbocycles. The van der Waals surface area contributed by atoms with Crippen LogP contribution in [0.3, 0.4) is 0 Å². The van der Waals surface area contributed by atoms with Crippen molar-refractivity contribution in [2.75, 3.05) is 0 Å². The average molecular weight is 591 g/mol. The van der Waals surface area contributed by atoms with E-state index < -0.39 is 114 Å². The molecule has 0 unspecified atom stereocenters. The minimum Gasteiger partial charge on any atom is -0.309 e. The van der Waals surface area contributed by atoms with E-state index in [9.17, 15) is 9.60 Å². The van der Waals surface area contributed by atoms with Gasteiger partial charge in [0.25, 0.3) is 0 Å². The van der Waals surface area contributed by atoms with Crippen LogP contribution in [0.4, 0.5) is 0 Å². The first kappa shape index (κ1) is 12.1. The molecule has 0 saturated carbocycles. The van der Waals surface area contributed by atoms with E-state index in [1.807, 2.05) is 0 Å². The Labute approximate surface area is 284 Å². The highest BCUT2D eigenvalue weighted by molar-refractivity contribution is 6.29. The molecule has 4 heterocycles. The first-order chi connectivity index (χ1) is 30.3. The van der Waals surface area contributed by atoms with E-state index in [1.165, 1.54) is 8.97 Å². The second-order valence-corrected chi connectivity index (χ2v) is 10.7. The Bertz CT molecular complexity index is 4050. The molecule has 0 spiro atoms. The van der Waals surface area contributed by atoms with Crippen molar-refractivity contribution in [1.29, 1.82) is 0 Å². The Morgan fingerprint density at radius 1 is 0.378 bits per heavy atom. The van der Waals surface area contributed by atoms with E-state index in [4.69, 9.17) is 16.4 Å². The summed E-state index contributed by atoms with van der Waals surface area (Å²) in [4.78, 5) is 0. The molecule has 11 rings (SSSR count). The van der Waals surface area contributed by atoms with Crippen LogP contribution in [0.25, 0.3) is 93.1 Å². The highest BCUT2D eigenvalue weighted by atomic mass is 15.0. The maximum Gasteiger partial charge on any atom is 0.0652 e. The molecule has 0 aliphatic heterocycles. The summed E-state index contributed by atoms with van der Waals surface area (Å²) in [6, 6.07) is -1.71. The summed E-state index contributed by atoms with van der Waals surface area (Å²) in [7, 11) is 0. The highest BCUT2D eigenvalue weighted by Crippen LogP contribution is 2.45. The van der Waals surface area contributed by atoms with Gasteiger partial charge in [-0.25, -0.2) is 0 Å².